The summed E-state index contributed by atoms with van der Waals surface area (Å²) in [7, 11) is 0. The standard InChI is InChI=1S/C18H35N3/c1-16(2,3)20-11-15(12-20)19-9-7-18(8-10-19)13-21(14-18)17(4,5)6/h15H,7-14H2,1-6H3. The maximum absolute atomic E-state index is 2.77. The first-order valence-corrected chi connectivity index (χ1v) is 8.83. The summed E-state index contributed by atoms with van der Waals surface area (Å²) in [5.41, 5.74) is 1.38. The van der Waals surface area contributed by atoms with Crippen molar-refractivity contribution in [2.45, 2.75) is 71.5 Å². The number of rotatable bonds is 1. The van der Waals surface area contributed by atoms with Crippen molar-refractivity contribution in [3.8, 4) is 0 Å². The summed E-state index contributed by atoms with van der Waals surface area (Å²) in [4.78, 5) is 8.05. The second-order valence-electron chi connectivity index (χ2n) is 9.79. The first-order chi connectivity index (χ1) is 9.59. The quantitative estimate of drug-likeness (QED) is 0.736. The second kappa shape index (κ2) is 4.94. The van der Waals surface area contributed by atoms with Crippen molar-refractivity contribution in [3.63, 3.8) is 0 Å². The van der Waals surface area contributed by atoms with Crippen molar-refractivity contribution < 1.29 is 0 Å². The number of likely N-dealkylation sites (tertiary alicyclic amines) is 3. The molecule has 0 saturated carbocycles. The molecule has 0 aliphatic carbocycles. The fourth-order valence-corrected chi connectivity index (χ4v) is 4.15. The molecule has 0 aromatic rings. The monoisotopic (exact) mass is 293 g/mol. The molecule has 3 aliphatic rings. The average Bonchev–Trinajstić information content (AvgIpc) is 2.21. The molecule has 3 rings (SSSR count). The predicted octanol–water partition coefficient (Wildman–Crippen LogP) is 2.67. The summed E-state index contributed by atoms with van der Waals surface area (Å²) >= 11 is 0. The van der Waals surface area contributed by atoms with Crippen LogP contribution in [-0.2, 0) is 0 Å². The zero-order valence-corrected chi connectivity index (χ0v) is 15.1. The molecular weight excluding hydrogens is 258 g/mol. The predicted molar refractivity (Wildman–Crippen MR) is 89.7 cm³/mol. The molecule has 3 fully saturated rings. The zero-order chi connectivity index (χ0) is 15.5. The van der Waals surface area contributed by atoms with Gasteiger partial charge in [0.25, 0.3) is 0 Å². The van der Waals surface area contributed by atoms with E-state index in [2.05, 4.69) is 56.2 Å². The molecule has 122 valence electrons. The molecule has 3 nitrogen and oxygen atoms in total. The Hall–Kier alpha value is -0.120. The molecule has 0 atom stereocenters. The summed E-state index contributed by atoms with van der Waals surface area (Å²) in [5, 5.41) is 0. The van der Waals surface area contributed by atoms with E-state index in [4.69, 9.17) is 0 Å². The highest BCUT2D eigenvalue weighted by atomic mass is 15.3. The molecule has 3 aliphatic heterocycles. The Morgan fingerprint density at radius 2 is 1.24 bits per heavy atom. The molecule has 0 unspecified atom stereocenters. The minimum atomic E-state index is 0.356. The average molecular weight is 293 g/mol. The van der Waals surface area contributed by atoms with E-state index in [1.165, 1.54) is 52.1 Å². The van der Waals surface area contributed by atoms with Crippen molar-refractivity contribution >= 4 is 0 Å². The van der Waals surface area contributed by atoms with Crippen LogP contribution in [-0.4, -0.2) is 71.1 Å². The van der Waals surface area contributed by atoms with E-state index in [9.17, 15) is 0 Å². The van der Waals surface area contributed by atoms with Gasteiger partial charge in [0.2, 0.25) is 0 Å². The van der Waals surface area contributed by atoms with Gasteiger partial charge >= 0.3 is 0 Å². The van der Waals surface area contributed by atoms with E-state index < -0.39 is 0 Å². The topological polar surface area (TPSA) is 9.72 Å². The highest BCUT2D eigenvalue weighted by Gasteiger charge is 2.49. The maximum Gasteiger partial charge on any atom is 0.0350 e. The van der Waals surface area contributed by atoms with E-state index >= 15 is 0 Å². The van der Waals surface area contributed by atoms with E-state index in [0.29, 0.717) is 16.5 Å². The normalized spacial score (nSPS) is 29.4. The third kappa shape index (κ3) is 3.02. The summed E-state index contributed by atoms with van der Waals surface area (Å²) in [6.45, 7) is 22.0. The van der Waals surface area contributed by atoms with Crippen LogP contribution < -0.4 is 0 Å². The zero-order valence-electron chi connectivity index (χ0n) is 15.1. The third-order valence-electron chi connectivity index (χ3n) is 6.19. The minimum Gasteiger partial charge on any atom is -0.298 e. The summed E-state index contributed by atoms with van der Waals surface area (Å²) in [6, 6.07) is 0.834. The van der Waals surface area contributed by atoms with Crippen LogP contribution in [0.1, 0.15) is 54.4 Å². The molecule has 0 radical (unpaired) electrons. The molecule has 3 heteroatoms. The van der Waals surface area contributed by atoms with E-state index in [-0.39, 0.29) is 0 Å². The van der Waals surface area contributed by atoms with Gasteiger partial charge in [0.1, 0.15) is 0 Å². The van der Waals surface area contributed by atoms with Gasteiger partial charge in [-0.3, -0.25) is 14.7 Å². The van der Waals surface area contributed by atoms with Crippen molar-refractivity contribution in [2.75, 3.05) is 39.3 Å². The lowest BCUT2D eigenvalue weighted by Gasteiger charge is -2.60. The number of nitrogens with zero attached hydrogens (tertiary/aromatic N) is 3. The fourth-order valence-electron chi connectivity index (χ4n) is 4.15. The van der Waals surface area contributed by atoms with Crippen LogP contribution in [0.15, 0.2) is 0 Å². The molecule has 21 heavy (non-hydrogen) atoms. The van der Waals surface area contributed by atoms with Crippen molar-refractivity contribution in [2.24, 2.45) is 5.41 Å². The molecule has 3 heterocycles. The van der Waals surface area contributed by atoms with E-state index in [1.54, 1.807) is 0 Å². The van der Waals surface area contributed by atoms with Gasteiger partial charge in [-0.05, 0) is 72.9 Å². The molecule has 3 saturated heterocycles. The summed E-state index contributed by atoms with van der Waals surface area (Å²) < 4.78 is 0. The van der Waals surface area contributed by atoms with Gasteiger partial charge in [-0.25, -0.2) is 0 Å². The van der Waals surface area contributed by atoms with Crippen molar-refractivity contribution in [1.82, 2.24) is 14.7 Å². The Bertz CT molecular complexity index is 368. The number of piperidine rings is 1. The Morgan fingerprint density at radius 1 is 0.762 bits per heavy atom. The van der Waals surface area contributed by atoms with Crippen LogP contribution in [0.3, 0.4) is 0 Å². The van der Waals surface area contributed by atoms with Gasteiger partial charge in [-0.15, -0.1) is 0 Å². The molecule has 0 N–H and O–H groups in total. The van der Waals surface area contributed by atoms with Crippen LogP contribution >= 0.6 is 0 Å². The lowest BCUT2D eigenvalue weighted by molar-refractivity contribution is -0.109. The first kappa shape index (κ1) is 15.8. The fraction of sp³-hybridized carbons (Fsp3) is 1.00. The SMILES string of the molecule is CC(C)(C)N1CC(N2CCC3(CC2)CN(C(C)(C)C)C3)C1. The molecule has 0 amide bonds. The van der Waals surface area contributed by atoms with Gasteiger partial charge in [-0.1, -0.05) is 0 Å². The summed E-state index contributed by atoms with van der Waals surface area (Å²) in [6.07, 6.45) is 2.84. The Balaban J connectivity index is 1.43. The molecule has 1 spiro atoms. The Kier molecular flexibility index (Phi) is 3.71. The second-order valence-corrected chi connectivity index (χ2v) is 9.79. The van der Waals surface area contributed by atoms with Gasteiger partial charge in [0.05, 0.1) is 0 Å². The lowest BCUT2D eigenvalue weighted by atomic mass is 9.70. The molecule has 0 bridgehead atoms. The lowest BCUT2D eigenvalue weighted by Crippen LogP contribution is -2.69. The van der Waals surface area contributed by atoms with E-state index in [0.717, 1.165) is 6.04 Å². The van der Waals surface area contributed by atoms with Crippen LogP contribution in [0.4, 0.5) is 0 Å². The van der Waals surface area contributed by atoms with Crippen molar-refractivity contribution in [3.05, 3.63) is 0 Å². The first-order valence-electron chi connectivity index (χ1n) is 8.83. The number of hydrogen-bond donors (Lipinski definition) is 0. The smallest absolute Gasteiger partial charge is 0.0350 e. The van der Waals surface area contributed by atoms with Gasteiger partial charge < -0.3 is 0 Å². The highest BCUT2D eigenvalue weighted by Crippen LogP contribution is 2.44. The summed E-state index contributed by atoms with van der Waals surface area (Å²) in [5.74, 6) is 0. The third-order valence-corrected chi connectivity index (χ3v) is 6.19. The van der Waals surface area contributed by atoms with Crippen molar-refractivity contribution in [1.29, 1.82) is 0 Å². The Labute approximate surface area is 131 Å². The Morgan fingerprint density at radius 3 is 1.67 bits per heavy atom. The minimum absolute atomic E-state index is 0.356. The highest BCUT2D eigenvalue weighted by molar-refractivity contribution is 5.04. The van der Waals surface area contributed by atoms with Crippen LogP contribution in [0, 0.1) is 5.41 Å². The molecular formula is C18H35N3. The van der Waals surface area contributed by atoms with Crippen LogP contribution in [0.2, 0.25) is 0 Å². The van der Waals surface area contributed by atoms with Gasteiger partial charge in [0.15, 0.2) is 0 Å². The number of hydrogen-bond acceptors (Lipinski definition) is 3. The van der Waals surface area contributed by atoms with Gasteiger partial charge in [-0.2, -0.15) is 0 Å². The molecule has 0 aromatic heterocycles. The molecule has 0 aromatic carbocycles. The largest absolute Gasteiger partial charge is 0.298 e. The van der Waals surface area contributed by atoms with Crippen LogP contribution in [0.25, 0.3) is 0 Å². The maximum atomic E-state index is 2.77. The van der Waals surface area contributed by atoms with E-state index in [1.807, 2.05) is 0 Å². The van der Waals surface area contributed by atoms with Crippen LogP contribution in [0.5, 0.6) is 0 Å². The van der Waals surface area contributed by atoms with Gasteiger partial charge in [0, 0.05) is 43.3 Å².